The second-order valence-electron chi connectivity index (χ2n) is 6.90. The fourth-order valence-corrected chi connectivity index (χ4v) is 4.85. The summed E-state index contributed by atoms with van der Waals surface area (Å²) in [6.07, 6.45) is 4.87. The lowest BCUT2D eigenvalue weighted by Gasteiger charge is -2.46. The molecule has 0 saturated heterocycles. The molecule has 4 atom stereocenters. The Kier molecular flexibility index (Phi) is 4.82. The molecular formula is C19H25NO6. The molecule has 0 unspecified atom stereocenters. The van der Waals surface area contributed by atoms with Crippen LogP contribution in [-0.4, -0.2) is 43.8 Å². The smallest absolute Gasteiger partial charge is 0.343 e. The van der Waals surface area contributed by atoms with E-state index in [9.17, 15) is 14.4 Å². The minimum Gasteiger partial charge on any atom is -0.466 e. The fraction of sp³-hybridized carbons (Fsp3) is 0.632. The highest BCUT2D eigenvalue weighted by molar-refractivity contribution is 6.07. The largest absolute Gasteiger partial charge is 0.466 e. The Hall–Kier alpha value is -2.31. The van der Waals surface area contributed by atoms with Gasteiger partial charge in [-0.25, -0.2) is 14.4 Å². The van der Waals surface area contributed by atoms with E-state index in [4.69, 9.17) is 14.2 Å². The van der Waals surface area contributed by atoms with Gasteiger partial charge in [0.2, 0.25) is 5.54 Å². The van der Waals surface area contributed by atoms with E-state index in [1.807, 2.05) is 6.08 Å². The van der Waals surface area contributed by atoms with Gasteiger partial charge in [-0.15, -0.1) is 0 Å². The lowest BCUT2D eigenvalue weighted by atomic mass is 9.64. The van der Waals surface area contributed by atoms with Crippen molar-refractivity contribution in [1.82, 2.24) is 5.32 Å². The van der Waals surface area contributed by atoms with Crippen LogP contribution in [0.1, 0.15) is 27.2 Å². The van der Waals surface area contributed by atoms with Gasteiger partial charge in [-0.2, -0.15) is 0 Å². The Bertz CT molecular complexity index is 676. The van der Waals surface area contributed by atoms with Gasteiger partial charge in [-0.1, -0.05) is 12.2 Å². The SMILES string of the molecule is CCOC(=O)C1(C(=O)OCC)NC(C)=C(C(=O)OC)[C@H]2[C@@H]1[C@@H]1C=C[C@H]2C1. The molecule has 1 saturated carbocycles. The Morgan fingerprint density at radius 3 is 2.23 bits per heavy atom. The maximum Gasteiger partial charge on any atom is 0.343 e. The van der Waals surface area contributed by atoms with Gasteiger partial charge in [0.25, 0.3) is 0 Å². The molecule has 26 heavy (non-hydrogen) atoms. The number of carbonyl (C=O) groups is 3. The molecule has 7 nitrogen and oxygen atoms in total. The van der Waals surface area contributed by atoms with Gasteiger partial charge in [-0.05, 0) is 39.0 Å². The summed E-state index contributed by atoms with van der Waals surface area (Å²) in [5.74, 6) is -2.41. The number of hydrogen-bond acceptors (Lipinski definition) is 7. The molecule has 2 bridgehead atoms. The number of esters is 3. The molecule has 1 heterocycles. The van der Waals surface area contributed by atoms with Crippen molar-refractivity contribution < 1.29 is 28.6 Å². The topological polar surface area (TPSA) is 90.9 Å². The molecule has 0 amide bonds. The normalized spacial score (nSPS) is 30.5. The summed E-state index contributed by atoms with van der Waals surface area (Å²) in [7, 11) is 1.33. The van der Waals surface area contributed by atoms with E-state index in [0.29, 0.717) is 11.3 Å². The number of rotatable bonds is 5. The van der Waals surface area contributed by atoms with Gasteiger partial charge >= 0.3 is 17.9 Å². The molecular weight excluding hydrogens is 338 g/mol. The molecule has 3 aliphatic rings. The zero-order valence-corrected chi connectivity index (χ0v) is 15.5. The standard InChI is InChI=1S/C19H25NO6/c1-5-25-17(22)19(18(23)26-6-2)15-12-8-7-11(9-12)14(15)13(10(3)20-19)16(21)24-4/h7-8,11-12,14-15,20H,5-6,9H2,1-4H3/t11-,12+,14-,15-/m0/s1. The first-order valence-electron chi connectivity index (χ1n) is 9.02. The van der Waals surface area contributed by atoms with E-state index in [2.05, 4.69) is 11.4 Å². The van der Waals surface area contributed by atoms with Crippen molar-refractivity contribution >= 4 is 17.9 Å². The van der Waals surface area contributed by atoms with E-state index in [-0.39, 0.29) is 31.0 Å². The maximum atomic E-state index is 13.0. The van der Waals surface area contributed by atoms with E-state index in [0.717, 1.165) is 6.42 Å². The Labute approximate surface area is 152 Å². The minimum atomic E-state index is -1.65. The van der Waals surface area contributed by atoms with E-state index in [1.54, 1.807) is 20.8 Å². The first-order chi connectivity index (χ1) is 12.4. The van der Waals surface area contributed by atoms with Crippen LogP contribution in [0.15, 0.2) is 23.4 Å². The van der Waals surface area contributed by atoms with Gasteiger partial charge in [0.15, 0.2) is 0 Å². The lowest BCUT2D eigenvalue weighted by molar-refractivity contribution is -0.172. The van der Waals surface area contributed by atoms with Crippen molar-refractivity contribution in [1.29, 1.82) is 0 Å². The van der Waals surface area contributed by atoms with Crippen LogP contribution in [0, 0.1) is 23.7 Å². The van der Waals surface area contributed by atoms with Crippen LogP contribution in [-0.2, 0) is 28.6 Å². The van der Waals surface area contributed by atoms with Crippen LogP contribution in [0.25, 0.3) is 0 Å². The van der Waals surface area contributed by atoms with Crippen molar-refractivity contribution in [3.05, 3.63) is 23.4 Å². The molecule has 0 spiro atoms. The Morgan fingerprint density at radius 1 is 1.12 bits per heavy atom. The summed E-state index contributed by atoms with van der Waals surface area (Å²) < 4.78 is 15.5. The molecule has 142 valence electrons. The number of fused-ring (bicyclic) bond motifs is 5. The van der Waals surface area contributed by atoms with Crippen molar-refractivity contribution in [2.75, 3.05) is 20.3 Å². The van der Waals surface area contributed by atoms with Crippen molar-refractivity contribution in [3.63, 3.8) is 0 Å². The van der Waals surface area contributed by atoms with Gasteiger partial charge in [0.1, 0.15) is 0 Å². The predicted molar refractivity (Wildman–Crippen MR) is 91.6 cm³/mol. The number of allylic oxidation sites excluding steroid dienone is 3. The molecule has 1 N–H and O–H groups in total. The first kappa shape index (κ1) is 18.5. The molecule has 0 radical (unpaired) electrons. The summed E-state index contributed by atoms with van der Waals surface area (Å²) >= 11 is 0. The minimum absolute atomic E-state index is 0.0148. The monoisotopic (exact) mass is 363 g/mol. The number of hydrogen-bond donors (Lipinski definition) is 1. The molecule has 2 aliphatic carbocycles. The molecule has 1 fully saturated rings. The second kappa shape index (κ2) is 6.78. The fourth-order valence-electron chi connectivity index (χ4n) is 4.85. The highest BCUT2D eigenvalue weighted by Crippen LogP contribution is 2.57. The molecule has 0 aromatic carbocycles. The Balaban J connectivity index is 2.18. The third-order valence-corrected chi connectivity index (χ3v) is 5.68. The van der Waals surface area contributed by atoms with E-state index in [1.165, 1.54) is 7.11 Å². The molecule has 7 heteroatoms. The third-order valence-electron chi connectivity index (χ3n) is 5.68. The van der Waals surface area contributed by atoms with Gasteiger partial charge in [0.05, 0.1) is 25.9 Å². The first-order valence-corrected chi connectivity index (χ1v) is 9.02. The molecule has 3 rings (SSSR count). The maximum absolute atomic E-state index is 13.0. The number of carbonyl (C=O) groups excluding carboxylic acids is 3. The van der Waals surface area contributed by atoms with Crippen LogP contribution >= 0.6 is 0 Å². The van der Waals surface area contributed by atoms with Crippen molar-refractivity contribution in [3.8, 4) is 0 Å². The number of nitrogens with one attached hydrogen (secondary N) is 1. The van der Waals surface area contributed by atoms with Crippen LogP contribution in [0.5, 0.6) is 0 Å². The van der Waals surface area contributed by atoms with Gasteiger partial charge in [-0.3, -0.25) is 0 Å². The lowest BCUT2D eigenvalue weighted by Crippen LogP contribution is -2.68. The van der Waals surface area contributed by atoms with Crippen LogP contribution in [0.2, 0.25) is 0 Å². The van der Waals surface area contributed by atoms with Crippen LogP contribution < -0.4 is 5.32 Å². The summed E-state index contributed by atoms with van der Waals surface area (Å²) in [6, 6.07) is 0. The number of methoxy groups -OCH3 is 1. The zero-order chi connectivity index (χ0) is 19.1. The van der Waals surface area contributed by atoms with Gasteiger partial charge < -0.3 is 19.5 Å². The summed E-state index contributed by atoms with van der Waals surface area (Å²) in [4.78, 5) is 38.4. The highest BCUT2D eigenvalue weighted by atomic mass is 16.6. The van der Waals surface area contributed by atoms with Crippen LogP contribution in [0.4, 0.5) is 0 Å². The average Bonchev–Trinajstić information content (AvgIpc) is 3.22. The van der Waals surface area contributed by atoms with Gasteiger partial charge in [0, 0.05) is 17.5 Å². The molecule has 1 aliphatic heterocycles. The second-order valence-corrected chi connectivity index (χ2v) is 6.90. The number of ether oxygens (including phenoxy) is 3. The molecule has 0 aromatic rings. The summed E-state index contributed by atoms with van der Waals surface area (Å²) in [6.45, 7) is 5.37. The van der Waals surface area contributed by atoms with Crippen LogP contribution in [0.3, 0.4) is 0 Å². The average molecular weight is 363 g/mol. The Morgan fingerprint density at radius 2 is 1.69 bits per heavy atom. The highest BCUT2D eigenvalue weighted by Gasteiger charge is 2.67. The van der Waals surface area contributed by atoms with E-state index >= 15 is 0 Å². The van der Waals surface area contributed by atoms with E-state index < -0.39 is 29.4 Å². The summed E-state index contributed by atoms with van der Waals surface area (Å²) in [5.41, 5.74) is -0.693. The predicted octanol–water partition coefficient (Wildman–Crippen LogP) is 1.34. The summed E-state index contributed by atoms with van der Waals surface area (Å²) in [5, 5.41) is 3.02. The quantitative estimate of drug-likeness (QED) is 0.341. The van der Waals surface area contributed by atoms with Crippen molar-refractivity contribution in [2.24, 2.45) is 23.7 Å². The zero-order valence-electron chi connectivity index (χ0n) is 15.5. The van der Waals surface area contributed by atoms with Crippen molar-refractivity contribution in [2.45, 2.75) is 32.7 Å². The molecule has 0 aromatic heterocycles. The third kappa shape index (κ3) is 2.44.